The van der Waals surface area contributed by atoms with E-state index >= 15 is 0 Å². The minimum Gasteiger partial charge on any atom is -0.468 e. The number of carbonyl (C=O) groups is 3. The number of ether oxygens (including phenoxy) is 1. The first-order valence-electron chi connectivity index (χ1n) is 7.31. The number of hydrogen-bond acceptors (Lipinski definition) is 4. The number of imide groups is 1. The first-order chi connectivity index (χ1) is 10.5. The van der Waals surface area contributed by atoms with Gasteiger partial charge in [0.15, 0.2) is 0 Å². The zero-order valence-corrected chi connectivity index (χ0v) is 12.8. The molecule has 1 saturated heterocycles. The van der Waals surface area contributed by atoms with E-state index in [9.17, 15) is 14.4 Å². The van der Waals surface area contributed by atoms with Crippen molar-refractivity contribution in [2.45, 2.75) is 31.7 Å². The Morgan fingerprint density at radius 2 is 1.95 bits per heavy atom. The van der Waals surface area contributed by atoms with Gasteiger partial charge in [-0.1, -0.05) is 50.1 Å². The molecule has 0 spiro atoms. The third-order valence-electron chi connectivity index (χ3n) is 3.86. The Morgan fingerprint density at radius 1 is 1.27 bits per heavy atom. The second kappa shape index (κ2) is 6.60. The Bertz CT molecular complexity index is 573. The van der Waals surface area contributed by atoms with Gasteiger partial charge in [-0.25, -0.2) is 4.79 Å². The number of rotatable bonds is 6. The summed E-state index contributed by atoms with van der Waals surface area (Å²) < 4.78 is 4.55. The van der Waals surface area contributed by atoms with E-state index < -0.39 is 23.4 Å². The van der Waals surface area contributed by atoms with Crippen molar-refractivity contribution in [3.05, 3.63) is 35.9 Å². The van der Waals surface area contributed by atoms with Crippen molar-refractivity contribution in [1.82, 2.24) is 10.2 Å². The smallest absolute Gasteiger partial charge is 0.325 e. The number of esters is 1. The van der Waals surface area contributed by atoms with Gasteiger partial charge in [0.25, 0.3) is 5.91 Å². The fourth-order valence-corrected chi connectivity index (χ4v) is 2.64. The Labute approximate surface area is 129 Å². The largest absolute Gasteiger partial charge is 0.468 e. The molecule has 6 heteroatoms. The quantitative estimate of drug-likeness (QED) is 0.642. The number of nitrogens with zero attached hydrogens (tertiary/aromatic N) is 1. The summed E-state index contributed by atoms with van der Waals surface area (Å²) >= 11 is 0. The van der Waals surface area contributed by atoms with Crippen molar-refractivity contribution in [1.29, 1.82) is 0 Å². The number of carbonyl (C=O) groups excluding carboxylic acids is 3. The Balaban J connectivity index is 2.36. The monoisotopic (exact) mass is 304 g/mol. The van der Waals surface area contributed by atoms with Crippen LogP contribution in [0, 0.1) is 0 Å². The van der Waals surface area contributed by atoms with Crippen molar-refractivity contribution in [3.63, 3.8) is 0 Å². The van der Waals surface area contributed by atoms with Gasteiger partial charge in [0.05, 0.1) is 7.11 Å². The van der Waals surface area contributed by atoms with Crippen LogP contribution in [0.25, 0.3) is 0 Å². The average Bonchev–Trinajstić information content (AvgIpc) is 2.78. The number of hydrogen-bond donors (Lipinski definition) is 1. The maximum Gasteiger partial charge on any atom is 0.325 e. The summed E-state index contributed by atoms with van der Waals surface area (Å²) in [6.07, 6.45) is 2.18. The summed E-state index contributed by atoms with van der Waals surface area (Å²) in [7, 11) is 1.22. The van der Waals surface area contributed by atoms with E-state index in [2.05, 4.69) is 10.1 Å². The lowest BCUT2D eigenvalue weighted by atomic mass is 9.85. The molecule has 0 saturated carbocycles. The van der Waals surface area contributed by atoms with E-state index in [4.69, 9.17) is 0 Å². The fourth-order valence-electron chi connectivity index (χ4n) is 2.64. The summed E-state index contributed by atoms with van der Waals surface area (Å²) in [5.41, 5.74) is -0.364. The number of benzene rings is 1. The maximum absolute atomic E-state index is 12.8. The SMILES string of the molecule is CCCCC1(c2ccccc2)NC(=O)N(CC(=O)OC)C1=O. The lowest BCUT2D eigenvalue weighted by Gasteiger charge is -2.27. The molecule has 2 rings (SSSR count). The predicted octanol–water partition coefficient (Wildman–Crippen LogP) is 1.80. The summed E-state index contributed by atoms with van der Waals surface area (Å²) in [5, 5.41) is 2.78. The van der Waals surface area contributed by atoms with Crippen molar-refractivity contribution >= 4 is 17.9 Å². The number of amides is 3. The van der Waals surface area contributed by atoms with Crippen LogP contribution in [-0.2, 0) is 19.9 Å². The lowest BCUT2D eigenvalue weighted by Crippen LogP contribution is -2.44. The van der Waals surface area contributed by atoms with Crippen LogP contribution in [0.5, 0.6) is 0 Å². The van der Waals surface area contributed by atoms with Crippen LogP contribution in [0.4, 0.5) is 4.79 Å². The van der Waals surface area contributed by atoms with Gasteiger partial charge in [-0.3, -0.25) is 14.5 Å². The standard InChI is InChI=1S/C16H20N2O4/c1-3-4-10-16(12-8-6-5-7-9-12)14(20)18(15(21)17-16)11-13(19)22-2/h5-9H,3-4,10-11H2,1-2H3,(H,17,21). The summed E-state index contributed by atoms with van der Waals surface area (Å²) in [5.74, 6) is -1.02. The van der Waals surface area contributed by atoms with E-state index in [0.717, 1.165) is 23.3 Å². The zero-order chi connectivity index (χ0) is 16.2. The zero-order valence-electron chi connectivity index (χ0n) is 12.8. The van der Waals surface area contributed by atoms with Crippen molar-refractivity contribution in [3.8, 4) is 0 Å². The van der Waals surface area contributed by atoms with Gasteiger partial charge in [-0.2, -0.15) is 0 Å². The molecule has 1 unspecified atom stereocenters. The van der Waals surface area contributed by atoms with Crippen LogP contribution in [0.3, 0.4) is 0 Å². The van der Waals surface area contributed by atoms with Crippen molar-refractivity contribution in [2.75, 3.05) is 13.7 Å². The van der Waals surface area contributed by atoms with Gasteiger partial charge in [-0.05, 0) is 12.0 Å². The lowest BCUT2D eigenvalue weighted by molar-refractivity contribution is -0.145. The summed E-state index contributed by atoms with van der Waals surface area (Å²) in [6.45, 7) is 1.65. The second-order valence-electron chi connectivity index (χ2n) is 5.27. The molecule has 0 radical (unpaired) electrons. The number of urea groups is 1. The van der Waals surface area contributed by atoms with Gasteiger partial charge >= 0.3 is 12.0 Å². The molecule has 1 heterocycles. The molecule has 3 amide bonds. The number of methoxy groups -OCH3 is 1. The molecule has 1 aliphatic heterocycles. The molecule has 1 N–H and O–H groups in total. The highest BCUT2D eigenvalue weighted by molar-refractivity contribution is 6.09. The third kappa shape index (κ3) is 2.81. The van der Waals surface area contributed by atoms with E-state index in [-0.39, 0.29) is 6.54 Å². The Morgan fingerprint density at radius 3 is 2.55 bits per heavy atom. The topological polar surface area (TPSA) is 75.7 Å². The van der Waals surface area contributed by atoms with E-state index in [1.165, 1.54) is 7.11 Å². The van der Waals surface area contributed by atoms with Gasteiger partial charge in [0, 0.05) is 0 Å². The highest BCUT2D eigenvalue weighted by Gasteiger charge is 2.52. The van der Waals surface area contributed by atoms with E-state index in [1.807, 2.05) is 37.3 Å². The van der Waals surface area contributed by atoms with Gasteiger partial charge in [-0.15, -0.1) is 0 Å². The summed E-state index contributed by atoms with van der Waals surface area (Å²) in [6, 6.07) is 8.57. The molecule has 1 aromatic carbocycles. The van der Waals surface area contributed by atoms with Crippen LogP contribution < -0.4 is 5.32 Å². The molecule has 6 nitrogen and oxygen atoms in total. The van der Waals surface area contributed by atoms with Gasteiger partial charge in [0.1, 0.15) is 12.1 Å². The van der Waals surface area contributed by atoms with Crippen LogP contribution in [0.1, 0.15) is 31.7 Å². The molecule has 1 atom stereocenters. The second-order valence-corrected chi connectivity index (χ2v) is 5.27. The summed E-state index contributed by atoms with van der Waals surface area (Å²) in [4.78, 5) is 37.4. The first-order valence-corrected chi connectivity index (χ1v) is 7.31. The molecule has 1 aromatic rings. The Kier molecular flexibility index (Phi) is 4.80. The van der Waals surface area contributed by atoms with E-state index in [0.29, 0.717) is 6.42 Å². The van der Waals surface area contributed by atoms with Crippen molar-refractivity contribution < 1.29 is 19.1 Å². The number of nitrogens with one attached hydrogen (secondary N) is 1. The normalized spacial score (nSPS) is 20.9. The molecular formula is C16H20N2O4. The van der Waals surface area contributed by atoms with Crippen LogP contribution in [0.2, 0.25) is 0 Å². The minimum absolute atomic E-state index is 0.373. The molecular weight excluding hydrogens is 284 g/mol. The predicted molar refractivity (Wildman–Crippen MR) is 79.9 cm³/mol. The first kappa shape index (κ1) is 16.0. The molecule has 1 aliphatic rings. The van der Waals surface area contributed by atoms with E-state index in [1.54, 1.807) is 0 Å². The average molecular weight is 304 g/mol. The molecule has 1 fully saturated rings. The molecule has 0 bridgehead atoms. The van der Waals surface area contributed by atoms with Crippen molar-refractivity contribution in [2.24, 2.45) is 0 Å². The maximum atomic E-state index is 12.8. The van der Waals surface area contributed by atoms with Crippen LogP contribution in [-0.4, -0.2) is 36.5 Å². The van der Waals surface area contributed by atoms with Gasteiger partial charge in [0.2, 0.25) is 0 Å². The number of unbranched alkanes of at least 4 members (excludes halogenated alkanes) is 1. The van der Waals surface area contributed by atoms with Gasteiger partial charge < -0.3 is 10.1 Å². The molecule has 0 aromatic heterocycles. The molecule has 22 heavy (non-hydrogen) atoms. The third-order valence-corrected chi connectivity index (χ3v) is 3.86. The van der Waals surface area contributed by atoms with Crippen LogP contribution >= 0.6 is 0 Å². The van der Waals surface area contributed by atoms with Crippen LogP contribution in [0.15, 0.2) is 30.3 Å². The molecule has 118 valence electrons. The fraction of sp³-hybridized carbons (Fsp3) is 0.438. The molecule has 0 aliphatic carbocycles. The highest BCUT2D eigenvalue weighted by atomic mass is 16.5. The minimum atomic E-state index is -1.09. The Hall–Kier alpha value is -2.37. The highest BCUT2D eigenvalue weighted by Crippen LogP contribution is 2.34.